The second kappa shape index (κ2) is 3.05. The number of nitrogens with one attached hydrogen (secondary N) is 1. The number of piperidine rings is 1. The lowest BCUT2D eigenvalue weighted by atomic mass is 9.94. The molecule has 0 aromatic rings. The fourth-order valence-corrected chi connectivity index (χ4v) is 2.27. The van der Waals surface area contributed by atoms with Crippen molar-refractivity contribution in [2.24, 2.45) is 0 Å². The van der Waals surface area contributed by atoms with Gasteiger partial charge < -0.3 is 10.2 Å². The van der Waals surface area contributed by atoms with Gasteiger partial charge in [-0.2, -0.15) is 0 Å². The zero-order valence-corrected chi connectivity index (χ0v) is 7.55. The van der Waals surface area contributed by atoms with E-state index in [1.165, 1.54) is 19.3 Å². The molecule has 2 heterocycles. The third-order valence-electron chi connectivity index (χ3n) is 3.02. The monoisotopic (exact) mass is 168 g/mol. The standard InChI is InChI=1S/C9H16N2O/c1-7-8-4-2-3-5-11(8)9(12)6-10-7/h7-8,10H,2-6H2,1H3. The number of hydrogen-bond donors (Lipinski definition) is 1. The molecule has 2 rings (SSSR count). The summed E-state index contributed by atoms with van der Waals surface area (Å²) >= 11 is 0. The lowest BCUT2D eigenvalue weighted by Crippen LogP contribution is -2.60. The highest BCUT2D eigenvalue weighted by atomic mass is 16.2. The molecular formula is C9H16N2O. The summed E-state index contributed by atoms with van der Waals surface area (Å²) < 4.78 is 0. The van der Waals surface area contributed by atoms with Crippen molar-refractivity contribution < 1.29 is 4.79 Å². The normalized spacial score (nSPS) is 36.4. The van der Waals surface area contributed by atoms with Crippen molar-refractivity contribution in [2.75, 3.05) is 13.1 Å². The van der Waals surface area contributed by atoms with Crippen molar-refractivity contribution in [1.82, 2.24) is 10.2 Å². The highest BCUT2D eigenvalue weighted by Gasteiger charge is 2.34. The Kier molecular flexibility index (Phi) is 2.05. The van der Waals surface area contributed by atoms with Crippen molar-refractivity contribution >= 4 is 5.91 Å². The minimum Gasteiger partial charge on any atom is -0.337 e. The van der Waals surface area contributed by atoms with Crippen molar-refractivity contribution in [3.05, 3.63) is 0 Å². The van der Waals surface area contributed by atoms with E-state index in [4.69, 9.17) is 0 Å². The van der Waals surface area contributed by atoms with Gasteiger partial charge in [-0.3, -0.25) is 4.79 Å². The molecule has 2 aliphatic rings. The summed E-state index contributed by atoms with van der Waals surface area (Å²) in [6.45, 7) is 3.70. The summed E-state index contributed by atoms with van der Waals surface area (Å²) in [5, 5.41) is 3.24. The molecule has 2 saturated heterocycles. The molecule has 0 aromatic carbocycles. The lowest BCUT2D eigenvalue weighted by Gasteiger charge is -2.43. The number of piperazine rings is 1. The molecule has 0 radical (unpaired) electrons. The zero-order valence-electron chi connectivity index (χ0n) is 7.55. The van der Waals surface area contributed by atoms with Gasteiger partial charge in [0.2, 0.25) is 5.91 Å². The Balaban J connectivity index is 2.11. The lowest BCUT2D eigenvalue weighted by molar-refractivity contribution is -0.137. The van der Waals surface area contributed by atoms with Crippen LogP contribution in [0.4, 0.5) is 0 Å². The molecule has 1 amide bonds. The molecule has 2 atom stereocenters. The number of nitrogens with zero attached hydrogens (tertiary/aromatic N) is 1. The van der Waals surface area contributed by atoms with E-state index in [0.29, 0.717) is 18.6 Å². The predicted octanol–water partition coefficient (Wildman–Crippen LogP) is 0.359. The molecular weight excluding hydrogens is 152 g/mol. The Morgan fingerprint density at radius 1 is 1.50 bits per heavy atom. The van der Waals surface area contributed by atoms with E-state index in [0.717, 1.165) is 6.54 Å². The van der Waals surface area contributed by atoms with E-state index >= 15 is 0 Å². The number of carbonyl (C=O) groups is 1. The average Bonchev–Trinajstić information content (AvgIpc) is 2.12. The average molecular weight is 168 g/mol. The smallest absolute Gasteiger partial charge is 0.236 e. The van der Waals surface area contributed by atoms with Crippen molar-refractivity contribution in [1.29, 1.82) is 0 Å². The number of fused-ring (bicyclic) bond motifs is 1. The molecule has 68 valence electrons. The summed E-state index contributed by atoms with van der Waals surface area (Å²) in [7, 11) is 0. The Hall–Kier alpha value is -0.570. The quantitative estimate of drug-likeness (QED) is 0.566. The van der Waals surface area contributed by atoms with Crippen LogP contribution in [0.15, 0.2) is 0 Å². The minimum atomic E-state index is 0.290. The van der Waals surface area contributed by atoms with Crippen molar-refractivity contribution in [3.63, 3.8) is 0 Å². The Morgan fingerprint density at radius 3 is 3.08 bits per heavy atom. The van der Waals surface area contributed by atoms with Crippen LogP contribution < -0.4 is 5.32 Å². The second-order valence-electron chi connectivity index (χ2n) is 3.82. The highest BCUT2D eigenvalue weighted by Crippen LogP contribution is 2.21. The predicted molar refractivity (Wildman–Crippen MR) is 46.8 cm³/mol. The first-order valence-corrected chi connectivity index (χ1v) is 4.82. The molecule has 2 fully saturated rings. The van der Waals surface area contributed by atoms with Gasteiger partial charge in [-0.25, -0.2) is 0 Å². The van der Waals surface area contributed by atoms with Crippen LogP contribution in [0.5, 0.6) is 0 Å². The van der Waals surface area contributed by atoms with E-state index < -0.39 is 0 Å². The van der Waals surface area contributed by atoms with Crippen LogP contribution in [-0.4, -0.2) is 36.0 Å². The first kappa shape index (κ1) is 8.05. The molecule has 0 saturated carbocycles. The van der Waals surface area contributed by atoms with Gasteiger partial charge in [-0.05, 0) is 26.2 Å². The third-order valence-corrected chi connectivity index (χ3v) is 3.02. The SMILES string of the molecule is CC1NCC(=O)N2CCCCC12. The summed E-state index contributed by atoms with van der Waals surface area (Å²) in [6, 6.07) is 0.961. The Bertz CT molecular complexity index is 193. The minimum absolute atomic E-state index is 0.290. The maximum absolute atomic E-state index is 11.4. The molecule has 0 spiro atoms. The maximum atomic E-state index is 11.4. The van der Waals surface area contributed by atoms with Crippen LogP contribution in [0.1, 0.15) is 26.2 Å². The summed E-state index contributed by atoms with van der Waals surface area (Å²) in [5.74, 6) is 0.290. The number of hydrogen-bond acceptors (Lipinski definition) is 2. The van der Waals surface area contributed by atoms with E-state index in [9.17, 15) is 4.79 Å². The Labute approximate surface area is 73.1 Å². The van der Waals surface area contributed by atoms with Crippen LogP contribution >= 0.6 is 0 Å². The first-order chi connectivity index (χ1) is 5.79. The summed E-state index contributed by atoms with van der Waals surface area (Å²) in [5.41, 5.74) is 0. The second-order valence-corrected chi connectivity index (χ2v) is 3.82. The molecule has 0 aromatic heterocycles. The number of carbonyl (C=O) groups excluding carboxylic acids is 1. The van der Waals surface area contributed by atoms with Gasteiger partial charge in [0, 0.05) is 18.6 Å². The molecule has 0 aliphatic carbocycles. The third kappa shape index (κ3) is 1.22. The highest BCUT2D eigenvalue weighted by molar-refractivity contribution is 5.79. The summed E-state index contributed by atoms with van der Waals surface area (Å²) in [4.78, 5) is 13.5. The van der Waals surface area contributed by atoms with E-state index in [1.54, 1.807) is 0 Å². The molecule has 3 nitrogen and oxygen atoms in total. The van der Waals surface area contributed by atoms with Crippen LogP contribution in [0.25, 0.3) is 0 Å². The zero-order chi connectivity index (χ0) is 8.55. The van der Waals surface area contributed by atoms with Crippen molar-refractivity contribution in [3.8, 4) is 0 Å². The Morgan fingerprint density at radius 2 is 2.33 bits per heavy atom. The molecule has 2 aliphatic heterocycles. The van der Waals surface area contributed by atoms with Gasteiger partial charge in [-0.15, -0.1) is 0 Å². The van der Waals surface area contributed by atoms with Crippen molar-refractivity contribution in [2.45, 2.75) is 38.3 Å². The number of rotatable bonds is 0. The van der Waals surface area contributed by atoms with E-state index in [1.807, 2.05) is 0 Å². The molecule has 0 bridgehead atoms. The largest absolute Gasteiger partial charge is 0.337 e. The maximum Gasteiger partial charge on any atom is 0.236 e. The van der Waals surface area contributed by atoms with Gasteiger partial charge in [0.15, 0.2) is 0 Å². The molecule has 3 heteroatoms. The molecule has 2 unspecified atom stereocenters. The molecule has 1 N–H and O–H groups in total. The fraction of sp³-hybridized carbons (Fsp3) is 0.889. The van der Waals surface area contributed by atoms with Gasteiger partial charge in [0.1, 0.15) is 0 Å². The van der Waals surface area contributed by atoms with Crippen LogP contribution in [0, 0.1) is 0 Å². The van der Waals surface area contributed by atoms with Gasteiger partial charge in [0.25, 0.3) is 0 Å². The van der Waals surface area contributed by atoms with E-state index in [-0.39, 0.29) is 5.91 Å². The van der Waals surface area contributed by atoms with E-state index in [2.05, 4.69) is 17.1 Å². The van der Waals surface area contributed by atoms with Gasteiger partial charge >= 0.3 is 0 Å². The van der Waals surface area contributed by atoms with Crippen LogP contribution in [0.3, 0.4) is 0 Å². The number of amides is 1. The summed E-state index contributed by atoms with van der Waals surface area (Å²) in [6.07, 6.45) is 3.65. The van der Waals surface area contributed by atoms with Gasteiger partial charge in [-0.1, -0.05) is 0 Å². The van der Waals surface area contributed by atoms with Gasteiger partial charge in [0.05, 0.1) is 6.54 Å². The molecule has 12 heavy (non-hydrogen) atoms. The topological polar surface area (TPSA) is 32.3 Å². The first-order valence-electron chi connectivity index (χ1n) is 4.82. The fourth-order valence-electron chi connectivity index (χ4n) is 2.27. The van der Waals surface area contributed by atoms with Crippen LogP contribution in [-0.2, 0) is 4.79 Å². The van der Waals surface area contributed by atoms with Crippen LogP contribution in [0.2, 0.25) is 0 Å².